The van der Waals surface area contributed by atoms with E-state index in [0.717, 1.165) is 0 Å². The monoisotopic (exact) mass is 165 g/mol. The van der Waals surface area contributed by atoms with Gasteiger partial charge in [-0.3, -0.25) is 0 Å². The molecule has 1 aromatic rings. The molecule has 5 heteroatoms. The number of hydrogen-bond donors (Lipinski definition) is 1. The topological polar surface area (TPSA) is 50.4 Å². The summed E-state index contributed by atoms with van der Waals surface area (Å²) in [6, 6.07) is 1.42. The third kappa shape index (κ3) is 1.30. The van der Waals surface area contributed by atoms with Crippen molar-refractivity contribution in [3.8, 4) is 0 Å². The molecule has 0 aromatic carbocycles. The summed E-state index contributed by atoms with van der Waals surface area (Å²) in [6.45, 7) is 0. The molecule has 0 bridgehead atoms. The highest BCUT2D eigenvalue weighted by atomic mass is 35.5. The summed E-state index contributed by atoms with van der Waals surface area (Å²) in [6.07, 6.45) is 1.26. The van der Waals surface area contributed by atoms with Crippen molar-refractivity contribution in [1.82, 2.24) is 0 Å². The van der Waals surface area contributed by atoms with E-state index in [9.17, 15) is 4.57 Å². The summed E-state index contributed by atoms with van der Waals surface area (Å²) < 4.78 is 14.8. The van der Waals surface area contributed by atoms with Crippen LogP contribution in [0.25, 0.3) is 0 Å². The maximum Gasteiger partial charge on any atom is 0.587 e. The Kier molecular flexibility index (Phi) is 1.86. The van der Waals surface area contributed by atoms with E-state index in [1.807, 2.05) is 0 Å². The largest absolute Gasteiger partial charge is 0.587 e. The molecule has 0 fully saturated rings. The molecule has 0 aliphatic carbocycles. The summed E-state index contributed by atoms with van der Waals surface area (Å²) in [7, 11) is -2.43. The highest BCUT2D eigenvalue weighted by Gasteiger charge is 2.24. The van der Waals surface area contributed by atoms with Crippen LogP contribution in [0.3, 0.4) is 0 Å². The molecule has 3 nitrogen and oxygen atoms in total. The number of halogens is 1. The lowest BCUT2D eigenvalue weighted by Crippen LogP contribution is -1.89. The van der Waals surface area contributed by atoms with Crippen LogP contribution in [-0.2, 0) is 4.57 Å². The van der Waals surface area contributed by atoms with Crippen LogP contribution in [0.4, 0.5) is 0 Å². The van der Waals surface area contributed by atoms with Crippen LogP contribution in [-0.4, -0.2) is 4.89 Å². The van der Waals surface area contributed by atoms with Crippen molar-refractivity contribution in [2.75, 3.05) is 0 Å². The van der Waals surface area contributed by atoms with Gasteiger partial charge in [-0.05, 0) is 4.57 Å². The van der Waals surface area contributed by atoms with Gasteiger partial charge >= 0.3 is 13.5 Å². The van der Waals surface area contributed by atoms with Crippen molar-refractivity contribution in [3.63, 3.8) is 0 Å². The van der Waals surface area contributed by atoms with Crippen LogP contribution >= 0.6 is 19.6 Å². The molecule has 1 heterocycles. The molecule has 0 saturated heterocycles. The van der Waals surface area contributed by atoms with E-state index in [0.29, 0.717) is 0 Å². The minimum atomic E-state index is -2.43. The van der Waals surface area contributed by atoms with Crippen LogP contribution in [0.5, 0.6) is 0 Å². The number of furan rings is 1. The molecule has 0 aliphatic heterocycles. The Hall–Kier alpha value is -0.370. The van der Waals surface area contributed by atoms with Crippen molar-refractivity contribution in [3.05, 3.63) is 17.4 Å². The molecule has 1 N–H and O–H groups in total. The number of rotatable bonds is 1. The average Bonchev–Trinajstić information content (AvgIpc) is 2.13. The Morgan fingerprint density at radius 1 is 1.78 bits per heavy atom. The van der Waals surface area contributed by atoms with Crippen LogP contribution in [0.15, 0.2) is 16.7 Å². The van der Waals surface area contributed by atoms with Gasteiger partial charge in [-0.1, -0.05) is 11.6 Å². The van der Waals surface area contributed by atoms with Crippen LogP contribution in [0, 0.1) is 0 Å². The summed E-state index contributed by atoms with van der Waals surface area (Å²) in [5.74, 6) is 0. The second kappa shape index (κ2) is 2.48. The molecular weight excluding hydrogens is 162 g/mol. The van der Waals surface area contributed by atoms with Gasteiger partial charge in [-0.15, -0.1) is 0 Å². The second-order valence-corrected chi connectivity index (χ2v) is 2.71. The van der Waals surface area contributed by atoms with Crippen molar-refractivity contribution < 1.29 is 13.9 Å². The zero-order chi connectivity index (χ0) is 6.85. The molecule has 9 heavy (non-hydrogen) atoms. The lowest BCUT2D eigenvalue weighted by atomic mass is 10.7. The Balaban J connectivity index is 3.08. The Morgan fingerprint density at radius 3 is 2.67 bits per heavy atom. The quantitative estimate of drug-likeness (QED) is 0.638. The minimum Gasteiger partial charge on any atom is -0.424 e. The molecule has 0 aliphatic rings. The second-order valence-electron chi connectivity index (χ2n) is 1.35. The van der Waals surface area contributed by atoms with E-state index >= 15 is 0 Å². The lowest BCUT2D eigenvalue weighted by molar-refractivity contribution is 0.497. The van der Waals surface area contributed by atoms with Crippen molar-refractivity contribution >= 4 is 25.1 Å². The van der Waals surface area contributed by atoms with E-state index in [1.165, 1.54) is 12.3 Å². The summed E-state index contributed by atoms with van der Waals surface area (Å²) in [5.41, 5.74) is -0.0633. The minimum absolute atomic E-state index is 0.0633. The summed E-state index contributed by atoms with van der Waals surface area (Å²) >= 11 is 5.40. The molecule has 48 valence electrons. The van der Waals surface area contributed by atoms with Gasteiger partial charge in [-0.25, -0.2) is 0 Å². The van der Waals surface area contributed by atoms with Crippen molar-refractivity contribution in [2.45, 2.75) is 0 Å². The molecule has 0 saturated carbocycles. The molecule has 1 rings (SSSR count). The Bertz CT molecular complexity index is 231. The van der Waals surface area contributed by atoms with Gasteiger partial charge in [0.1, 0.15) is 5.02 Å². The van der Waals surface area contributed by atoms with Crippen LogP contribution in [0.1, 0.15) is 0 Å². The molecule has 0 spiro atoms. The Labute approximate surface area is 57.1 Å². The van der Waals surface area contributed by atoms with Gasteiger partial charge in [-0.2, -0.15) is 4.89 Å². The van der Waals surface area contributed by atoms with Gasteiger partial charge in [0, 0.05) is 6.07 Å². The molecule has 1 aromatic heterocycles. The van der Waals surface area contributed by atoms with Gasteiger partial charge in [0.25, 0.3) is 0 Å². The first-order valence-corrected chi connectivity index (χ1v) is 3.70. The zero-order valence-electron chi connectivity index (χ0n) is 4.24. The van der Waals surface area contributed by atoms with E-state index in [1.54, 1.807) is 0 Å². The van der Waals surface area contributed by atoms with E-state index in [2.05, 4.69) is 4.42 Å². The van der Waals surface area contributed by atoms with Crippen molar-refractivity contribution in [2.24, 2.45) is 0 Å². The molecule has 0 amide bonds. The fourth-order valence-corrected chi connectivity index (χ4v) is 1.14. The fraction of sp³-hybridized carbons (Fsp3) is 0. The van der Waals surface area contributed by atoms with Crippen molar-refractivity contribution in [1.29, 1.82) is 0 Å². The first-order valence-electron chi connectivity index (χ1n) is 2.11. The standard InChI is InChI=1S/C4H2ClO3P/c5-3-1-2-8-4(3)9(6)7/h1-2H/p+1. The maximum atomic E-state index is 10.3. The number of hydrogen-bond acceptors (Lipinski definition) is 2. The highest BCUT2D eigenvalue weighted by Crippen LogP contribution is 2.19. The molecule has 0 radical (unpaired) electrons. The van der Waals surface area contributed by atoms with Crippen LogP contribution < -0.4 is 5.50 Å². The fourth-order valence-electron chi connectivity index (χ4n) is 0.422. The summed E-state index contributed by atoms with van der Waals surface area (Å²) in [4.78, 5) is 8.42. The first-order chi connectivity index (χ1) is 4.22. The lowest BCUT2D eigenvalue weighted by Gasteiger charge is -1.70. The summed E-state index contributed by atoms with van der Waals surface area (Å²) in [5, 5.41) is 0.193. The Morgan fingerprint density at radius 2 is 2.44 bits per heavy atom. The van der Waals surface area contributed by atoms with E-state index < -0.39 is 8.03 Å². The van der Waals surface area contributed by atoms with E-state index in [-0.39, 0.29) is 10.5 Å². The SMILES string of the molecule is O=[P+](O)c1occc1Cl. The van der Waals surface area contributed by atoms with E-state index in [4.69, 9.17) is 16.5 Å². The van der Waals surface area contributed by atoms with Gasteiger partial charge in [0.05, 0.1) is 6.26 Å². The predicted octanol–water partition coefficient (Wildman–Crippen LogP) is 1.29. The first kappa shape index (κ1) is 6.75. The highest BCUT2D eigenvalue weighted by molar-refractivity contribution is 7.47. The van der Waals surface area contributed by atoms with Gasteiger partial charge in [0.15, 0.2) is 0 Å². The van der Waals surface area contributed by atoms with Gasteiger partial charge < -0.3 is 4.42 Å². The molecule has 1 atom stereocenters. The maximum absolute atomic E-state index is 10.3. The predicted molar refractivity (Wildman–Crippen MR) is 33.2 cm³/mol. The molecular formula is C4H3ClO3P+. The normalized spacial score (nSPS) is 11.6. The average molecular weight is 165 g/mol. The zero-order valence-corrected chi connectivity index (χ0v) is 5.89. The third-order valence-corrected chi connectivity index (χ3v) is 1.90. The van der Waals surface area contributed by atoms with Gasteiger partial charge in [0.2, 0.25) is 0 Å². The third-order valence-electron chi connectivity index (χ3n) is 0.772. The smallest absolute Gasteiger partial charge is 0.424 e. The van der Waals surface area contributed by atoms with Crippen LogP contribution in [0.2, 0.25) is 5.02 Å². The molecule has 1 unspecified atom stereocenters.